The first kappa shape index (κ1) is 16.7. The molecule has 1 aromatic rings. The number of nitrogens with zero attached hydrogens (tertiary/aromatic N) is 3. The lowest BCUT2D eigenvalue weighted by atomic mass is 10.1. The highest BCUT2D eigenvalue weighted by molar-refractivity contribution is 8.01. The lowest BCUT2D eigenvalue weighted by Gasteiger charge is -2.23. The van der Waals surface area contributed by atoms with Crippen molar-refractivity contribution in [2.75, 3.05) is 18.8 Å². The van der Waals surface area contributed by atoms with Crippen molar-refractivity contribution in [3.05, 3.63) is 5.01 Å². The van der Waals surface area contributed by atoms with E-state index in [-0.39, 0.29) is 17.7 Å². The van der Waals surface area contributed by atoms with Gasteiger partial charge in [0, 0.05) is 31.3 Å². The summed E-state index contributed by atoms with van der Waals surface area (Å²) in [5.74, 6) is 0.744. The maximum absolute atomic E-state index is 12.2. The van der Waals surface area contributed by atoms with E-state index in [0.717, 1.165) is 27.9 Å². The number of carbonyl (C=O) groups excluding carboxylic acids is 2. The van der Waals surface area contributed by atoms with Crippen LogP contribution in [0.15, 0.2) is 4.34 Å². The number of amides is 2. The molecular weight excluding hydrogens is 332 g/mol. The van der Waals surface area contributed by atoms with Crippen molar-refractivity contribution in [3.63, 3.8) is 0 Å². The number of carbonyl (C=O) groups is 2. The average Bonchev–Trinajstić information content (AvgIpc) is 3.24. The highest BCUT2D eigenvalue weighted by atomic mass is 32.2. The Labute approximate surface area is 144 Å². The summed E-state index contributed by atoms with van der Waals surface area (Å²) in [6.07, 6.45) is 4.96. The number of nitrogens with one attached hydrogen (secondary N) is 1. The fourth-order valence-electron chi connectivity index (χ4n) is 3.27. The average molecular weight is 355 g/mol. The van der Waals surface area contributed by atoms with Gasteiger partial charge in [0.2, 0.25) is 11.8 Å². The molecule has 0 aromatic carbocycles. The van der Waals surface area contributed by atoms with Crippen LogP contribution >= 0.6 is 23.1 Å². The molecule has 8 heteroatoms. The summed E-state index contributed by atoms with van der Waals surface area (Å²) in [6, 6.07) is 0.372. The standard InChI is InChI=1S/C15H22N4O2S2/c1-10-17-18-15(23-10)22-7-6-16-14(21)11-8-13(20)19(9-11)12-4-2-3-5-12/h11-12H,2-9H2,1H3,(H,16,21). The summed E-state index contributed by atoms with van der Waals surface area (Å²) in [7, 11) is 0. The van der Waals surface area contributed by atoms with Crippen molar-refractivity contribution in [2.45, 2.75) is 49.4 Å². The van der Waals surface area contributed by atoms with Crippen molar-refractivity contribution in [1.82, 2.24) is 20.4 Å². The van der Waals surface area contributed by atoms with Crippen LogP contribution in [0.25, 0.3) is 0 Å². The molecule has 1 aliphatic carbocycles. The van der Waals surface area contributed by atoms with Gasteiger partial charge in [-0.05, 0) is 19.8 Å². The number of aromatic nitrogens is 2. The molecule has 0 bridgehead atoms. The third-order valence-electron chi connectivity index (χ3n) is 4.43. The van der Waals surface area contributed by atoms with Gasteiger partial charge < -0.3 is 10.2 Å². The van der Waals surface area contributed by atoms with Crippen molar-refractivity contribution in [3.8, 4) is 0 Å². The fraction of sp³-hybridized carbons (Fsp3) is 0.733. The minimum atomic E-state index is -0.183. The van der Waals surface area contributed by atoms with Crippen molar-refractivity contribution in [1.29, 1.82) is 0 Å². The number of rotatable bonds is 6. The molecule has 6 nitrogen and oxygen atoms in total. The molecule has 1 N–H and O–H groups in total. The van der Waals surface area contributed by atoms with Gasteiger partial charge in [-0.1, -0.05) is 35.9 Å². The third-order valence-corrected chi connectivity index (χ3v) is 6.40. The second-order valence-electron chi connectivity index (χ2n) is 6.11. The first-order chi connectivity index (χ1) is 11.1. The van der Waals surface area contributed by atoms with Gasteiger partial charge in [-0.25, -0.2) is 0 Å². The second kappa shape index (κ2) is 7.61. The zero-order valence-electron chi connectivity index (χ0n) is 13.3. The first-order valence-corrected chi connectivity index (χ1v) is 9.94. The minimum absolute atomic E-state index is 0.00731. The highest BCUT2D eigenvalue weighted by Gasteiger charge is 2.38. The largest absolute Gasteiger partial charge is 0.355 e. The quantitative estimate of drug-likeness (QED) is 0.623. The second-order valence-corrected chi connectivity index (χ2v) is 8.64. The third kappa shape index (κ3) is 4.23. The molecule has 2 amide bonds. The lowest BCUT2D eigenvalue weighted by Crippen LogP contribution is -2.37. The van der Waals surface area contributed by atoms with Crippen molar-refractivity contribution in [2.24, 2.45) is 5.92 Å². The maximum Gasteiger partial charge on any atom is 0.225 e. The van der Waals surface area contributed by atoms with E-state index in [1.807, 2.05) is 11.8 Å². The molecule has 1 aliphatic heterocycles. The van der Waals surface area contributed by atoms with E-state index in [1.165, 1.54) is 12.8 Å². The molecular formula is C15H22N4O2S2. The Bertz CT molecular complexity index is 572. The molecule has 3 rings (SSSR count). The van der Waals surface area contributed by atoms with Gasteiger partial charge in [0.05, 0.1) is 5.92 Å². The monoisotopic (exact) mass is 354 g/mol. The van der Waals surface area contributed by atoms with Crippen LogP contribution in [0.2, 0.25) is 0 Å². The van der Waals surface area contributed by atoms with Gasteiger partial charge in [0.1, 0.15) is 5.01 Å². The van der Waals surface area contributed by atoms with Crippen LogP contribution in [0.3, 0.4) is 0 Å². The Balaban J connectivity index is 1.39. The van der Waals surface area contributed by atoms with Gasteiger partial charge in [-0.2, -0.15) is 0 Å². The Morgan fingerprint density at radius 1 is 1.39 bits per heavy atom. The lowest BCUT2D eigenvalue weighted by molar-refractivity contribution is -0.130. The number of likely N-dealkylation sites (tertiary alicyclic amines) is 1. The number of hydrogen-bond donors (Lipinski definition) is 1. The van der Waals surface area contributed by atoms with Gasteiger partial charge >= 0.3 is 0 Å². The molecule has 1 atom stereocenters. The molecule has 2 fully saturated rings. The molecule has 1 saturated heterocycles. The van der Waals surface area contributed by atoms with E-state index in [4.69, 9.17) is 0 Å². The van der Waals surface area contributed by atoms with Gasteiger partial charge in [0.15, 0.2) is 4.34 Å². The molecule has 0 spiro atoms. The summed E-state index contributed by atoms with van der Waals surface area (Å²) >= 11 is 3.16. The molecule has 126 valence electrons. The maximum atomic E-state index is 12.2. The molecule has 1 aromatic heterocycles. The zero-order valence-corrected chi connectivity index (χ0v) is 14.9. The molecule has 1 unspecified atom stereocenters. The number of hydrogen-bond acceptors (Lipinski definition) is 6. The van der Waals surface area contributed by atoms with E-state index in [1.54, 1.807) is 23.1 Å². The Morgan fingerprint density at radius 2 is 2.17 bits per heavy atom. The first-order valence-electron chi connectivity index (χ1n) is 8.13. The topological polar surface area (TPSA) is 75.2 Å². The van der Waals surface area contributed by atoms with E-state index >= 15 is 0 Å². The van der Waals surface area contributed by atoms with Crippen LogP contribution < -0.4 is 5.32 Å². The van der Waals surface area contributed by atoms with Gasteiger partial charge in [0.25, 0.3) is 0 Å². The summed E-state index contributed by atoms with van der Waals surface area (Å²) < 4.78 is 0.931. The Morgan fingerprint density at radius 3 is 2.87 bits per heavy atom. The van der Waals surface area contributed by atoms with Crippen molar-refractivity contribution < 1.29 is 9.59 Å². The number of thioether (sulfide) groups is 1. The molecule has 2 aliphatic rings. The van der Waals surface area contributed by atoms with E-state index in [2.05, 4.69) is 15.5 Å². The Hall–Kier alpha value is -1.15. The minimum Gasteiger partial charge on any atom is -0.355 e. The summed E-state index contributed by atoms with van der Waals surface area (Å²) in [4.78, 5) is 26.3. The van der Waals surface area contributed by atoms with E-state index in [9.17, 15) is 9.59 Å². The summed E-state index contributed by atoms with van der Waals surface area (Å²) in [5, 5.41) is 11.9. The van der Waals surface area contributed by atoms with Crippen molar-refractivity contribution >= 4 is 34.9 Å². The van der Waals surface area contributed by atoms with E-state index < -0.39 is 0 Å². The SMILES string of the molecule is Cc1nnc(SCCNC(=O)C2CC(=O)N(C3CCCC3)C2)s1. The van der Waals surface area contributed by atoms with Crippen LogP contribution in [0.4, 0.5) is 0 Å². The number of aryl methyl sites for hydroxylation is 1. The van der Waals surface area contributed by atoms with Crippen LogP contribution in [0, 0.1) is 12.8 Å². The predicted molar refractivity (Wildman–Crippen MR) is 90.5 cm³/mol. The zero-order chi connectivity index (χ0) is 16.2. The molecule has 23 heavy (non-hydrogen) atoms. The summed E-state index contributed by atoms with van der Waals surface area (Å²) in [5.41, 5.74) is 0. The van der Waals surface area contributed by atoms with Crippen LogP contribution in [0.5, 0.6) is 0 Å². The van der Waals surface area contributed by atoms with E-state index in [0.29, 0.717) is 25.6 Å². The predicted octanol–water partition coefficient (Wildman–Crippen LogP) is 1.85. The fourth-order valence-corrected chi connectivity index (χ4v) is 5.01. The summed E-state index contributed by atoms with van der Waals surface area (Å²) in [6.45, 7) is 3.12. The smallest absolute Gasteiger partial charge is 0.225 e. The van der Waals surface area contributed by atoms with Gasteiger partial charge in [-0.15, -0.1) is 10.2 Å². The van der Waals surface area contributed by atoms with Gasteiger partial charge in [-0.3, -0.25) is 9.59 Å². The van der Waals surface area contributed by atoms with Crippen LogP contribution in [0.1, 0.15) is 37.1 Å². The van der Waals surface area contributed by atoms with Crippen LogP contribution in [-0.4, -0.2) is 51.8 Å². The van der Waals surface area contributed by atoms with Crippen LogP contribution in [-0.2, 0) is 9.59 Å². The normalized spacial score (nSPS) is 22.0. The highest BCUT2D eigenvalue weighted by Crippen LogP contribution is 2.29. The Kier molecular flexibility index (Phi) is 5.53. The molecule has 1 saturated carbocycles. The molecule has 0 radical (unpaired) electrons. The molecule has 2 heterocycles.